The smallest absolute Gasteiger partial charge is 0.257 e. The molecule has 26 heavy (non-hydrogen) atoms. The molecule has 2 N–H and O–H groups in total. The van der Waals surface area contributed by atoms with Crippen molar-refractivity contribution >= 4 is 11.7 Å². The zero-order chi connectivity index (χ0) is 18.3. The van der Waals surface area contributed by atoms with Crippen molar-refractivity contribution in [1.29, 1.82) is 0 Å². The van der Waals surface area contributed by atoms with Crippen LogP contribution in [0.1, 0.15) is 40.0 Å². The fourth-order valence-corrected chi connectivity index (χ4v) is 3.71. The molecule has 0 aromatic heterocycles. The van der Waals surface area contributed by atoms with Gasteiger partial charge in [0.05, 0.1) is 17.5 Å². The number of amides is 1. The first-order valence-corrected chi connectivity index (χ1v) is 8.60. The lowest BCUT2D eigenvalue weighted by Gasteiger charge is -2.44. The highest BCUT2D eigenvalue weighted by molar-refractivity contribution is 6.00. The molecule has 2 aromatic rings. The van der Waals surface area contributed by atoms with Crippen LogP contribution in [-0.4, -0.2) is 45.5 Å². The monoisotopic (exact) mass is 353 g/mol. The Hall–Kier alpha value is -3.02. The van der Waals surface area contributed by atoms with Crippen molar-refractivity contribution in [2.24, 2.45) is 0 Å². The van der Waals surface area contributed by atoms with Gasteiger partial charge in [0.2, 0.25) is 0 Å². The Morgan fingerprint density at radius 1 is 1.08 bits per heavy atom. The number of nitrogens with zero attached hydrogens (tertiary/aromatic N) is 1. The number of hydrogen-bond donors (Lipinski definition) is 2. The van der Waals surface area contributed by atoms with Crippen LogP contribution < -0.4 is 4.74 Å². The standard InChI is InChI=1S/C20H19NO5/c22-13-5-6-15(16(23)11-13)19(25)21-9-7-20(8-10-21)12-17(24)14-3-1-2-4-18(14)26-20/h1-6,11,22-23H,7-10,12H2. The van der Waals surface area contributed by atoms with Crippen molar-refractivity contribution in [3.8, 4) is 17.2 Å². The second-order valence-corrected chi connectivity index (χ2v) is 6.87. The maximum absolute atomic E-state index is 12.6. The maximum atomic E-state index is 12.6. The molecule has 2 aliphatic rings. The van der Waals surface area contributed by atoms with E-state index in [0.29, 0.717) is 43.7 Å². The van der Waals surface area contributed by atoms with Crippen LogP contribution in [-0.2, 0) is 0 Å². The van der Waals surface area contributed by atoms with E-state index in [1.54, 1.807) is 17.0 Å². The molecule has 2 aliphatic heterocycles. The molecule has 1 fully saturated rings. The van der Waals surface area contributed by atoms with Crippen molar-refractivity contribution in [1.82, 2.24) is 4.90 Å². The number of aromatic hydroxyl groups is 2. The molecule has 0 aliphatic carbocycles. The SMILES string of the molecule is O=C1CC2(CCN(C(=O)c3ccc(O)cc3O)CC2)Oc2ccccc21. The molecule has 0 saturated carbocycles. The molecule has 1 spiro atoms. The Kier molecular flexibility index (Phi) is 3.83. The zero-order valence-electron chi connectivity index (χ0n) is 14.1. The summed E-state index contributed by atoms with van der Waals surface area (Å²) in [7, 11) is 0. The minimum absolute atomic E-state index is 0.0720. The van der Waals surface area contributed by atoms with Crippen molar-refractivity contribution in [2.75, 3.05) is 13.1 Å². The molecule has 1 saturated heterocycles. The lowest BCUT2D eigenvalue weighted by molar-refractivity contribution is -0.00574. The predicted octanol–water partition coefficient (Wildman–Crippen LogP) is 2.74. The van der Waals surface area contributed by atoms with Crippen LogP contribution in [0.15, 0.2) is 42.5 Å². The van der Waals surface area contributed by atoms with E-state index < -0.39 is 5.60 Å². The average Bonchev–Trinajstić information content (AvgIpc) is 2.62. The van der Waals surface area contributed by atoms with Gasteiger partial charge in [0.15, 0.2) is 5.78 Å². The van der Waals surface area contributed by atoms with Crippen molar-refractivity contribution in [2.45, 2.75) is 24.9 Å². The summed E-state index contributed by atoms with van der Waals surface area (Å²) in [5, 5.41) is 19.3. The van der Waals surface area contributed by atoms with E-state index in [1.165, 1.54) is 12.1 Å². The van der Waals surface area contributed by atoms with E-state index in [2.05, 4.69) is 0 Å². The Morgan fingerprint density at radius 2 is 1.81 bits per heavy atom. The molecular formula is C20H19NO5. The second kappa shape index (κ2) is 6.05. The van der Waals surface area contributed by atoms with E-state index in [1.807, 2.05) is 12.1 Å². The second-order valence-electron chi connectivity index (χ2n) is 6.87. The fourth-order valence-electron chi connectivity index (χ4n) is 3.71. The van der Waals surface area contributed by atoms with Crippen LogP contribution in [0.3, 0.4) is 0 Å². The van der Waals surface area contributed by atoms with E-state index in [0.717, 1.165) is 6.07 Å². The van der Waals surface area contributed by atoms with Gasteiger partial charge >= 0.3 is 0 Å². The lowest BCUT2D eigenvalue weighted by atomic mass is 9.82. The highest BCUT2D eigenvalue weighted by atomic mass is 16.5. The van der Waals surface area contributed by atoms with Crippen LogP contribution in [0, 0.1) is 0 Å². The van der Waals surface area contributed by atoms with Gasteiger partial charge in [-0.1, -0.05) is 12.1 Å². The Labute approximate surface area is 150 Å². The van der Waals surface area contributed by atoms with Gasteiger partial charge in [0.25, 0.3) is 5.91 Å². The molecule has 0 radical (unpaired) electrons. The summed E-state index contributed by atoms with van der Waals surface area (Å²) in [6, 6.07) is 11.2. The third-order valence-electron chi connectivity index (χ3n) is 5.17. The quantitative estimate of drug-likeness (QED) is 0.823. The van der Waals surface area contributed by atoms with E-state index in [9.17, 15) is 19.8 Å². The number of hydrogen-bond acceptors (Lipinski definition) is 5. The first kappa shape index (κ1) is 16.4. The predicted molar refractivity (Wildman–Crippen MR) is 93.7 cm³/mol. The molecule has 134 valence electrons. The number of benzene rings is 2. The summed E-state index contributed by atoms with van der Waals surface area (Å²) in [5.74, 6) is 0.0557. The number of ether oxygens (including phenoxy) is 1. The van der Waals surface area contributed by atoms with Gasteiger partial charge in [-0.05, 0) is 24.3 Å². The minimum atomic E-state index is -0.570. The molecule has 0 atom stereocenters. The molecule has 4 rings (SSSR count). The normalized spacial score (nSPS) is 18.3. The van der Waals surface area contributed by atoms with E-state index in [4.69, 9.17) is 4.74 Å². The maximum Gasteiger partial charge on any atom is 0.257 e. The molecular weight excluding hydrogens is 334 g/mol. The van der Waals surface area contributed by atoms with Gasteiger partial charge in [-0.25, -0.2) is 0 Å². The van der Waals surface area contributed by atoms with Crippen molar-refractivity contribution < 1.29 is 24.5 Å². The number of phenols is 2. The van der Waals surface area contributed by atoms with Gasteiger partial charge in [0.1, 0.15) is 22.8 Å². The molecule has 1 amide bonds. The molecule has 6 heteroatoms. The number of carbonyl (C=O) groups excluding carboxylic acids is 2. The van der Waals surface area contributed by atoms with E-state index >= 15 is 0 Å². The minimum Gasteiger partial charge on any atom is -0.508 e. The number of piperidine rings is 1. The lowest BCUT2D eigenvalue weighted by Crippen LogP contribution is -2.52. The number of para-hydroxylation sites is 1. The average molecular weight is 353 g/mol. The van der Waals surface area contributed by atoms with Crippen LogP contribution >= 0.6 is 0 Å². The van der Waals surface area contributed by atoms with Gasteiger partial charge in [0, 0.05) is 32.0 Å². The number of ketones is 1. The molecule has 2 heterocycles. The largest absolute Gasteiger partial charge is 0.508 e. The third kappa shape index (κ3) is 2.77. The van der Waals surface area contributed by atoms with E-state index in [-0.39, 0.29) is 28.8 Å². The van der Waals surface area contributed by atoms with Gasteiger partial charge in [-0.2, -0.15) is 0 Å². The van der Waals surface area contributed by atoms with Gasteiger partial charge in [-0.3, -0.25) is 9.59 Å². The topological polar surface area (TPSA) is 87.1 Å². The summed E-state index contributed by atoms with van der Waals surface area (Å²) in [6.45, 7) is 0.878. The molecule has 0 unspecified atom stereocenters. The Bertz CT molecular complexity index is 884. The fraction of sp³-hybridized carbons (Fsp3) is 0.300. The van der Waals surface area contributed by atoms with Crippen LogP contribution in [0.5, 0.6) is 17.2 Å². The Balaban J connectivity index is 1.49. The van der Waals surface area contributed by atoms with Gasteiger partial charge < -0.3 is 19.8 Å². The first-order chi connectivity index (χ1) is 12.5. The number of rotatable bonds is 1. The summed E-state index contributed by atoms with van der Waals surface area (Å²) in [4.78, 5) is 26.7. The summed E-state index contributed by atoms with van der Waals surface area (Å²) < 4.78 is 6.16. The van der Waals surface area contributed by atoms with Gasteiger partial charge in [-0.15, -0.1) is 0 Å². The third-order valence-corrected chi connectivity index (χ3v) is 5.17. The number of carbonyl (C=O) groups is 2. The molecule has 2 aromatic carbocycles. The van der Waals surface area contributed by atoms with Crippen molar-refractivity contribution in [3.63, 3.8) is 0 Å². The summed E-state index contributed by atoms with van der Waals surface area (Å²) >= 11 is 0. The summed E-state index contributed by atoms with van der Waals surface area (Å²) in [5.41, 5.74) is 0.203. The number of Topliss-reactive ketones (excluding diaryl/α,β-unsaturated/α-hetero) is 1. The number of fused-ring (bicyclic) bond motifs is 1. The van der Waals surface area contributed by atoms with Crippen LogP contribution in [0.25, 0.3) is 0 Å². The summed E-state index contributed by atoms with van der Waals surface area (Å²) in [6.07, 6.45) is 1.42. The van der Waals surface area contributed by atoms with Crippen LogP contribution in [0.4, 0.5) is 0 Å². The number of likely N-dealkylation sites (tertiary alicyclic amines) is 1. The highest BCUT2D eigenvalue weighted by Crippen LogP contribution is 2.39. The highest BCUT2D eigenvalue weighted by Gasteiger charge is 2.43. The first-order valence-electron chi connectivity index (χ1n) is 8.60. The van der Waals surface area contributed by atoms with Crippen LogP contribution in [0.2, 0.25) is 0 Å². The van der Waals surface area contributed by atoms with Crippen molar-refractivity contribution in [3.05, 3.63) is 53.6 Å². The molecule has 6 nitrogen and oxygen atoms in total. The Morgan fingerprint density at radius 3 is 2.54 bits per heavy atom. The molecule has 0 bridgehead atoms. The zero-order valence-corrected chi connectivity index (χ0v) is 14.1. The number of phenolic OH excluding ortho intramolecular Hbond substituents is 2.